The van der Waals surface area contributed by atoms with E-state index in [0.29, 0.717) is 43.0 Å². The van der Waals surface area contributed by atoms with Crippen molar-refractivity contribution in [3.8, 4) is 11.3 Å². The second-order valence-electron chi connectivity index (χ2n) is 6.14. The molecule has 2 aromatic rings. The van der Waals surface area contributed by atoms with Gasteiger partial charge in [-0.05, 0) is 37.1 Å². The van der Waals surface area contributed by atoms with E-state index >= 15 is 0 Å². The number of aromatic nitrogens is 1. The van der Waals surface area contributed by atoms with E-state index < -0.39 is 11.9 Å². The summed E-state index contributed by atoms with van der Waals surface area (Å²) in [6, 6.07) is 5.89. The number of nitrogens with zero attached hydrogens (tertiary/aromatic N) is 2. The Labute approximate surface area is 144 Å². The number of hydrogen-bond donors (Lipinski definition) is 1. The fourth-order valence-corrected chi connectivity index (χ4v) is 2.95. The number of rotatable bonds is 5. The Kier molecular flexibility index (Phi) is 5.11. The zero-order valence-electron chi connectivity index (χ0n) is 13.7. The highest BCUT2D eigenvalue weighted by Crippen LogP contribution is 2.22. The van der Waals surface area contributed by atoms with E-state index in [0.717, 1.165) is 0 Å². The fourth-order valence-electron chi connectivity index (χ4n) is 2.95. The molecule has 1 aliphatic rings. The molecule has 6 nitrogen and oxygen atoms in total. The lowest BCUT2D eigenvalue weighted by atomic mass is 9.98. The number of aliphatic carboxylic acids is 1. The summed E-state index contributed by atoms with van der Waals surface area (Å²) in [4.78, 5) is 29.1. The first-order valence-electron chi connectivity index (χ1n) is 8.24. The molecule has 3 rings (SSSR count). The fraction of sp³-hybridized carbons (Fsp3) is 0.389. The van der Waals surface area contributed by atoms with Gasteiger partial charge < -0.3 is 14.4 Å². The van der Waals surface area contributed by atoms with Crippen molar-refractivity contribution in [2.45, 2.75) is 25.7 Å². The van der Waals surface area contributed by atoms with Gasteiger partial charge in [-0.3, -0.25) is 9.59 Å². The summed E-state index contributed by atoms with van der Waals surface area (Å²) in [6.07, 6.45) is 3.43. The van der Waals surface area contributed by atoms with Crippen LogP contribution in [0.4, 0.5) is 4.39 Å². The molecule has 25 heavy (non-hydrogen) atoms. The molecular formula is C18H19FN2O4. The Hall–Kier alpha value is -2.70. The van der Waals surface area contributed by atoms with E-state index in [9.17, 15) is 14.0 Å². The van der Waals surface area contributed by atoms with Crippen molar-refractivity contribution in [3.05, 3.63) is 42.2 Å². The van der Waals surface area contributed by atoms with Crippen LogP contribution >= 0.6 is 0 Å². The number of oxazole rings is 1. The minimum atomic E-state index is -0.853. The summed E-state index contributed by atoms with van der Waals surface area (Å²) in [5.41, 5.74) is 0.715. The molecule has 132 valence electrons. The molecule has 0 aliphatic carbocycles. The number of likely N-dealkylation sites (tertiary alicyclic amines) is 1. The maximum absolute atomic E-state index is 12.9. The van der Waals surface area contributed by atoms with Crippen molar-refractivity contribution in [1.29, 1.82) is 0 Å². The Balaban J connectivity index is 1.56. The summed E-state index contributed by atoms with van der Waals surface area (Å²) in [5, 5.41) is 9.09. The van der Waals surface area contributed by atoms with Crippen molar-refractivity contribution in [3.63, 3.8) is 0 Å². The summed E-state index contributed by atoms with van der Waals surface area (Å²) < 4.78 is 18.6. The first-order valence-corrected chi connectivity index (χ1v) is 8.24. The van der Waals surface area contributed by atoms with Crippen LogP contribution in [0.25, 0.3) is 11.3 Å². The highest BCUT2D eigenvalue weighted by atomic mass is 19.1. The number of amides is 1. The zero-order valence-corrected chi connectivity index (χ0v) is 13.7. The number of hydrogen-bond acceptors (Lipinski definition) is 4. The molecule has 1 atom stereocenters. The molecule has 1 amide bonds. The molecule has 1 N–H and O–H groups in total. The van der Waals surface area contributed by atoms with Crippen LogP contribution < -0.4 is 0 Å². The van der Waals surface area contributed by atoms with E-state index in [2.05, 4.69) is 4.98 Å². The molecule has 1 fully saturated rings. The second kappa shape index (κ2) is 7.46. The van der Waals surface area contributed by atoms with Gasteiger partial charge in [-0.2, -0.15) is 0 Å². The molecule has 7 heteroatoms. The number of aryl methyl sites for hydroxylation is 1. The summed E-state index contributed by atoms with van der Waals surface area (Å²) in [6.45, 7) is 0.857. The van der Waals surface area contributed by atoms with E-state index in [-0.39, 0.29) is 24.7 Å². The van der Waals surface area contributed by atoms with E-state index in [4.69, 9.17) is 9.52 Å². The molecular weight excluding hydrogens is 327 g/mol. The first-order chi connectivity index (χ1) is 12.0. The number of halogens is 1. The van der Waals surface area contributed by atoms with Gasteiger partial charge in [-0.15, -0.1) is 0 Å². The molecule has 1 saturated heterocycles. The van der Waals surface area contributed by atoms with Crippen LogP contribution in [0.3, 0.4) is 0 Å². The van der Waals surface area contributed by atoms with Gasteiger partial charge >= 0.3 is 5.97 Å². The van der Waals surface area contributed by atoms with Crippen LogP contribution in [0.2, 0.25) is 0 Å². The smallest absolute Gasteiger partial charge is 0.308 e. The molecule has 0 saturated carbocycles. The Morgan fingerprint density at radius 1 is 1.32 bits per heavy atom. The van der Waals surface area contributed by atoms with Crippen LogP contribution in [0.1, 0.15) is 25.2 Å². The van der Waals surface area contributed by atoms with Crippen molar-refractivity contribution in [1.82, 2.24) is 9.88 Å². The van der Waals surface area contributed by atoms with Gasteiger partial charge in [0.25, 0.3) is 0 Å². The van der Waals surface area contributed by atoms with Crippen molar-refractivity contribution >= 4 is 11.9 Å². The normalized spacial score (nSPS) is 17.5. The predicted octanol–water partition coefficient (Wildman–Crippen LogP) is 2.74. The highest BCUT2D eigenvalue weighted by Gasteiger charge is 2.28. The highest BCUT2D eigenvalue weighted by molar-refractivity contribution is 5.78. The van der Waals surface area contributed by atoms with E-state index in [1.165, 1.54) is 12.1 Å². The standard InChI is InChI=1S/C18H19FN2O4/c19-14-5-3-12(4-6-14)15-10-20-16(25-15)7-8-17(22)21-9-1-2-13(11-21)18(23)24/h3-6,10,13H,1-2,7-9,11H2,(H,23,24)/t13-/m1/s1. The van der Waals surface area contributed by atoms with Gasteiger partial charge in [0.1, 0.15) is 5.82 Å². The summed E-state index contributed by atoms with van der Waals surface area (Å²) in [7, 11) is 0. The van der Waals surface area contributed by atoms with Crippen molar-refractivity contribution < 1.29 is 23.5 Å². The molecule has 0 bridgehead atoms. The van der Waals surface area contributed by atoms with Gasteiger partial charge in [0.15, 0.2) is 11.7 Å². The topological polar surface area (TPSA) is 83.6 Å². The predicted molar refractivity (Wildman–Crippen MR) is 87.2 cm³/mol. The Bertz CT molecular complexity index is 757. The zero-order chi connectivity index (χ0) is 17.8. The number of carbonyl (C=O) groups is 2. The molecule has 0 radical (unpaired) electrons. The molecule has 0 spiro atoms. The maximum atomic E-state index is 12.9. The number of piperidine rings is 1. The molecule has 1 aliphatic heterocycles. The molecule has 2 heterocycles. The van der Waals surface area contributed by atoms with Gasteiger partial charge in [-0.25, -0.2) is 9.37 Å². The summed E-state index contributed by atoms with van der Waals surface area (Å²) in [5.74, 6) is -0.799. The van der Waals surface area contributed by atoms with E-state index in [1.807, 2.05) is 0 Å². The third kappa shape index (κ3) is 4.23. The number of carbonyl (C=O) groups excluding carboxylic acids is 1. The maximum Gasteiger partial charge on any atom is 0.308 e. The quantitative estimate of drug-likeness (QED) is 0.900. The van der Waals surface area contributed by atoms with Crippen LogP contribution in [-0.2, 0) is 16.0 Å². The average Bonchev–Trinajstić information content (AvgIpc) is 3.09. The van der Waals surface area contributed by atoms with Crippen LogP contribution in [-0.4, -0.2) is 40.0 Å². The van der Waals surface area contributed by atoms with E-state index in [1.54, 1.807) is 23.2 Å². The average molecular weight is 346 g/mol. The minimum Gasteiger partial charge on any atom is -0.481 e. The van der Waals surface area contributed by atoms with Crippen LogP contribution in [0, 0.1) is 11.7 Å². The van der Waals surface area contributed by atoms with Crippen LogP contribution in [0.15, 0.2) is 34.9 Å². The molecule has 1 aromatic heterocycles. The lowest BCUT2D eigenvalue weighted by Crippen LogP contribution is -2.42. The lowest BCUT2D eigenvalue weighted by molar-refractivity contribution is -0.145. The largest absolute Gasteiger partial charge is 0.481 e. The number of carboxylic acid groups (broad SMARTS) is 1. The Morgan fingerprint density at radius 3 is 2.80 bits per heavy atom. The third-order valence-electron chi connectivity index (χ3n) is 4.36. The number of benzene rings is 1. The van der Waals surface area contributed by atoms with Gasteiger partial charge in [0.2, 0.25) is 5.91 Å². The minimum absolute atomic E-state index is 0.0903. The molecule has 0 unspecified atom stereocenters. The second-order valence-corrected chi connectivity index (χ2v) is 6.14. The Morgan fingerprint density at radius 2 is 2.08 bits per heavy atom. The van der Waals surface area contributed by atoms with Gasteiger partial charge in [-0.1, -0.05) is 0 Å². The van der Waals surface area contributed by atoms with Crippen molar-refractivity contribution in [2.75, 3.05) is 13.1 Å². The molecule has 1 aromatic carbocycles. The lowest BCUT2D eigenvalue weighted by Gasteiger charge is -2.30. The van der Waals surface area contributed by atoms with Crippen LogP contribution in [0.5, 0.6) is 0 Å². The van der Waals surface area contributed by atoms with Crippen molar-refractivity contribution in [2.24, 2.45) is 5.92 Å². The SMILES string of the molecule is O=C(O)[C@@H]1CCCN(C(=O)CCc2ncc(-c3ccc(F)cc3)o2)C1. The van der Waals surface area contributed by atoms with Gasteiger partial charge in [0.05, 0.1) is 12.1 Å². The first kappa shape index (κ1) is 17.1. The monoisotopic (exact) mass is 346 g/mol. The van der Waals surface area contributed by atoms with Gasteiger partial charge in [0, 0.05) is 31.5 Å². The number of carboxylic acids is 1. The summed E-state index contributed by atoms with van der Waals surface area (Å²) >= 11 is 0. The third-order valence-corrected chi connectivity index (χ3v) is 4.36.